The molecule has 9 nitrogen and oxygen atoms in total. The molecular formula is C24H27N8OP. The van der Waals surface area contributed by atoms with E-state index in [4.69, 9.17) is 40.2 Å². The van der Waals surface area contributed by atoms with E-state index in [1.807, 2.05) is 48.5 Å². The number of nitrogens with zero attached hydrogens (tertiary/aromatic N) is 2. The fraction of sp³-hybridized carbons (Fsp3) is 0. The van der Waals surface area contributed by atoms with Crippen LogP contribution < -0.4 is 34.4 Å². The summed E-state index contributed by atoms with van der Waals surface area (Å²) in [7, 11) is -0.583. The summed E-state index contributed by atoms with van der Waals surface area (Å²) in [5, 5.41) is 0. The minimum absolute atomic E-state index is 0.539. The number of hydrogen-bond acceptors (Lipinski definition) is 9. The average Bonchev–Trinajstić information content (AvgIpc) is 2.84. The van der Waals surface area contributed by atoms with Gasteiger partial charge in [-0.05, 0) is 48.5 Å². The molecule has 0 unspecified atom stereocenters. The third kappa shape index (κ3) is 6.94. The van der Waals surface area contributed by atoms with E-state index in [1.165, 1.54) is 0 Å². The summed E-state index contributed by atoms with van der Waals surface area (Å²) in [5.41, 5.74) is 40.0. The van der Waals surface area contributed by atoms with Crippen molar-refractivity contribution in [2.45, 2.75) is 0 Å². The fourth-order valence-corrected chi connectivity index (χ4v) is 2.72. The number of rotatable bonds is 0. The molecule has 0 radical (unpaired) electrons. The number of nitrogens with two attached hydrogens (primary N) is 6. The van der Waals surface area contributed by atoms with Crippen LogP contribution in [0.15, 0.2) is 84.9 Å². The van der Waals surface area contributed by atoms with Crippen molar-refractivity contribution in [2.75, 3.05) is 34.4 Å². The van der Waals surface area contributed by atoms with E-state index < -0.39 is 9.06 Å². The SMILES string of the molecule is Nc1cc2nc3ccccc3nc2cc1N.Nc1ccccc1N.Nc1ccccc1N.[2H]P=O. The van der Waals surface area contributed by atoms with Gasteiger partial charge in [0.2, 0.25) is 0 Å². The molecule has 5 rings (SSSR count). The average molecular weight is 476 g/mol. The van der Waals surface area contributed by atoms with Gasteiger partial charge in [-0.2, -0.15) is 0 Å². The van der Waals surface area contributed by atoms with Crippen LogP contribution >= 0.6 is 9.06 Å². The van der Waals surface area contributed by atoms with Crippen molar-refractivity contribution in [3.8, 4) is 0 Å². The number of benzene rings is 4. The van der Waals surface area contributed by atoms with Crippen molar-refractivity contribution in [1.82, 2.24) is 9.97 Å². The van der Waals surface area contributed by atoms with Gasteiger partial charge in [-0.25, -0.2) is 9.97 Å². The third-order valence-corrected chi connectivity index (χ3v) is 4.54. The Morgan fingerprint density at radius 2 is 0.765 bits per heavy atom. The van der Waals surface area contributed by atoms with Crippen molar-refractivity contribution in [2.24, 2.45) is 0 Å². The molecule has 0 saturated carbocycles. The molecule has 0 bridgehead atoms. The first-order valence-electron chi connectivity index (χ1n) is 10.4. The van der Waals surface area contributed by atoms with Crippen molar-refractivity contribution in [3.05, 3.63) is 84.9 Å². The molecule has 1 aromatic heterocycles. The Hall–Kier alpha value is -4.62. The zero-order valence-corrected chi connectivity index (χ0v) is 19.2. The Morgan fingerprint density at radius 1 is 0.500 bits per heavy atom. The Kier molecular flexibility index (Phi) is 8.78. The van der Waals surface area contributed by atoms with Gasteiger partial charge in [0, 0.05) is 0 Å². The van der Waals surface area contributed by atoms with Crippen molar-refractivity contribution >= 4 is 65.3 Å². The van der Waals surface area contributed by atoms with Crippen LogP contribution in [0.3, 0.4) is 0 Å². The molecule has 12 N–H and O–H groups in total. The lowest BCUT2D eigenvalue weighted by molar-refractivity contribution is 0.607. The summed E-state index contributed by atoms with van der Waals surface area (Å²) in [6.45, 7) is 0. The predicted molar refractivity (Wildman–Crippen MR) is 145 cm³/mol. The van der Waals surface area contributed by atoms with Crippen LogP contribution in [0.4, 0.5) is 34.1 Å². The zero-order valence-electron chi connectivity index (χ0n) is 19.3. The number of anilines is 6. The van der Waals surface area contributed by atoms with Gasteiger partial charge in [0.15, 0.2) is 0 Å². The van der Waals surface area contributed by atoms with Crippen LogP contribution in [0.1, 0.15) is 0 Å². The summed E-state index contributed by atoms with van der Waals surface area (Å²) in [4.78, 5) is 8.96. The predicted octanol–water partition coefficient (Wildman–Crippen LogP) is 4.12. The van der Waals surface area contributed by atoms with E-state index in [0.717, 1.165) is 22.1 Å². The van der Waals surface area contributed by atoms with Crippen LogP contribution in [0.25, 0.3) is 22.1 Å². The second kappa shape index (κ2) is 12.4. The molecule has 0 amide bonds. The number of nitrogen functional groups attached to an aromatic ring is 6. The molecule has 1 heterocycles. The second-order valence-electron chi connectivity index (χ2n) is 6.94. The normalized spacial score (nSPS) is 10.1. The van der Waals surface area contributed by atoms with Gasteiger partial charge in [0.1, 0.15) is 10.3 Å². The summed E-state index contributed by atoms with van der Waals surface area (Å²) >= 11 is 0. The lowest BCUT2D eigenvalue weighted by Crippen LogP contribution is -1.96. The molecule has 34 heavy (non-hydrogen) atoms. The Morgan fingerprint density at radius 3 is 1.03 bits per heavy atom. The first kappa shape index (κ1) is 24.0. The van der Waals surface area contributed by atoms with Gasteiger partial charge in [-0.3, -0.25) is 4.57 Å². The number of aromatic nitrogens is 2. The Balaban J connectivity index is 0.000000192. The van der Waals surface area contributed by atoms with Crippen molar-refractivity contribution in [3.63, 3.8) is 0 Å². The molecule has 0 fully saturated rings. The van der Waals surface area contributed by atoms with Gasteiger partial charge in [0.05, 0.1) is 56.2 Å². The number of para-hydroxylation sites is 6. The minimum Gasteiger partial charge on any atom is -0.397 e. The van der Waals surface area contributed by atoms with Gasteiger partial charge >= 0.3 is 0 Å². The summed E-state index contributed by atoms with van der Waals surface area (Å²) < 4.78 is 14.2. The quantitative estimate of drug-likeness (QED) is 0.108. The summed E-state index contributed by atoms with van der Waals surface area (Å²) in [6.07, 6.45) is 0. The van der Waals surface area contributed by atoms with Crippen LogP contribution in [0, 0.1) is 0 Å². The molecular weight excluding hydrogens is 447 g/mol. The van der Waals surface area contributed by atoms with Gasteiger partial charge in [-0.15, -0.1) is 0 Å². The molecule has 0 saturated heterocycles. The van der Waals surface area contributed by atoms with Crippen LogP contribution in [0.5, 0.6) is 0 Å². The monoisotopic (exact) mass is 475 g/mol. The molecule has 0 spiro atoms. The maximum Gasteiger partial charge on any atom is 0.140 e. The second-order valence-corrected chi connectivity index (χ2v) is 6.94. The number of fused-ring (bicyclic) bond motifs is 2. The summed E-state index contributed by atoms with van der Waals surface area (Å²) in [6, 6.07) is 25.7. The molecule has 0 atom stereocenters. The van der Waals surface area contributed by atoms with Crippen LogP contribution in [-0.2, 0) is 4.57 Å². The van der Waals surface area contributed by atoms with E-state index in [-0.39, 0.29) is 0 Å². The lowest BCUT2D eigenvalue weighted by atomic mass is 10.2. The molecule has 4 aromatic carbocycles. The standard InChI is InChI=1S/C12H10N4.2C6H8N2.HOP/c13-7-5-11-12(6-8(7)14)16-10-4-2-1-3-9(10)15-11;2*7-5-3-1-2-4-6(5)8;1-2/h1-6H,13-14H2;2*1-4H,7-8H2;2H/i;;;2D. The lowest BCUT2D eigenvalue weighted by Gasteiger charge is -2.04. The molecule has 174 valence electrons. The first-order chi connectivity index (χ1) is 16.8. The maximum atomic E-state index is 8.57. The highest BCUT2D eigenvalue weighted by molar-refractivity contribution is 7.00. The van der Waals surface area contributed by atoms with Gasteiger partial charge in [-0.1, -0.05) is 36.4 Å². The van der Waals surface area contributed by atoms with E-state index in [0.29, 0.717) is 34.1 Å². The Bertz CT molecular complexity index is 1270. The maximum absolute atomic E-state index is 8.57. The molecule has 0 aliphatic rings. The van der Waals surface area contributed by atoms with E-state index >= 15 is 0 Å². The molecule has 5 aromatic rings. The van der Waals surface area contributed by atoms with E-state index in [2.05, 4.69) is 9.97 Å². The number of hydrogen-bond donors (Lipinski definition) is 6. The van der Waals surface area contributed by atoms with E-state index in [1.54, 1.807) is 36.4 Å². The molecule has 10 heteroatoms. The van der Waals surface area contributed by atoms with Crippen LogP contribution in [0.2, 0.25) is 0 Å². The zero-order chi connectivity index (χ0) is 25.8. The van der Waals surface area contributed by atoms with E-state index in [9.17, 15) is 0 Å². The van der Waals surface area contributed by atoms with Gasteiger partial charge in [0.25, 0.3) is 0 Å². The fourth-order valence-electron chi connectivity index (χ4n) is 2.72. The summed E-state index contributed by atoms with van der Waals surface area (Å²) in [5.74, 6) is 0. The largest absolute Gasteiger partial charge is 0.397 e. The van der Waals surface area contributed by atoms with Crippen LogP contribution in [-0.4, -0.2) is 11.2 Å². The highest BCUT2D eigenvalue weighted by Crippen LogP contribution is 2.23. The molecule has 0 aliphatic heterocycles. The Labute approximate surface area is 200 Å². The highest BCUT2D eigenvalue weighted by Gasteiger charge is 2.03. The minimum atomic E-state index is -0.583. The third-order valence-electron chi connectivity index (χ3n) is 4.54. The first-order valence-corrected chi connectivity index (χ1v) is 10.3. The van der Waals surface area contributed by atoms with Crippen molar-refractivity contribution < 1.29 is 4.57 Å². The van der Waals surface area contributed by atoms with Crippen molar-refractivity contribution in [1.29, 1.82) is 1.28 Å². The van der Waals surface area contributed by atoms with Gasteiger partial charge < -0.3 is 34.4 Å². The topological polar surface area (TPSA) is 199 Å². The smallest absolute Gasteiger partial charge is 0.140 e. The molecule has 0 aliphatic carbocycles. The highest BCUT2D eigenvalue weighted by atomic mass is 31.0.